The van der Waals surface area contributed by atoms with Gasteiger partial charge in [-0.1, -0.05) is 6.92 Å². The van der Waals surface area contributed by atoms with Crippen LogP contribution in [0.1, 0.15) is 24.3 Å². The van der Waals surface area contributed by atoms with Crippen molar-refractivity contribution in [3.63, 3.8) is 0 Å². The van der Waals surface area contributed by atoms with Crippen molar-refractivity contribution in [2.24, 2.45) is 0 Å². The van der Waals surface area contributed by atoms with Gasteiger partial charge in [0, 0.05) is 19.5 Å². The second-order valence-electron chi connectivity index (χ2n) is 5.32. The highest BCUT2D eigenvalue weighted by atomic mass is 19.4. The van der Waals surface area contributed by atoms with E-state index >= 15 is 0 Å². The largest absolute Gasteiger partial charge is 0.449 e. The Kier molecular flexibility index (Phi) is 4.12. The predicted molar refractivity (Wildman–Crippen MR) is 78.1 cm³/mol. The quantitative estimate of drug-likeness (QED) is 0.910. The lowest BCUT2D eigenvalue weighted by molar-refractivity contribution is -0.147. The van der Waals surface area contributed by atoms with Crippen molar-refractivity contribution in [2.45, 2.75) is 32.6 Å². The average Bonchev–Trinajstić information content (AvgIpc) is 2.98. The molecule has 1 N–H and O–H groups in total. The van der Waals surface area contributed by atoms with Crippen LogP contribution in [0.4, 0.5) is 23.7 Å². The molecular formula is C14H15F3N6O. The van der Waals surface area contributed by atoms with Gasteiger partial charge in [-0.2, -0.15) is 13.2 Å². The van der Waals surface area contributed by atoms with Gasteiger partial charge in [-0.05, 0) is 0 Å². The molecule has 0 bridgehead atoms. The van der Waals surface area contributed by atoms with Crippen LogP contribution in [-0.2, 0) is 25.7 Å². The van der Waals surface area contributed by atoms with E-state index in [-0.39, 0.29) is 19.6 Å². The van der Waals surface area contributed by atoms with Gasteiger partial charge >= 0.3 is 12.2 Å². The first-order chi connectivity index (χ1) is 11.4. The average molecular weight is 340 g/mol. The van der Waals surface area contributed by atoms with E-state index < -0.39 is 18.0 Å². The number of urea groups is 1. The number of carbonyl (C=O) groups is 1. The smallest absolute Gasteiger partial charge is 0.321 e. The van der Waals surface area contributed by atoms with Crippen molar-refractivity contribution in [2.75, 3.05) is 11.9 Å². The highest BCUT2D eigenvalue weighted by molar-refractivity contribution is 5.88. The third-order valence-corrected chi connectivity index (χ3v) is 3.70. The molecule has 2 aromatic rings. The summed E-state index contributed by atoms with van der Waals surface area (Å²) in [5.41, 5.74) is 0.786. The fourth-order valence-corrected chi connectivity index (χ4v) is 2.49. The molecule has 3 rings (SSSR count). The van der Waals surface area contributed by atoms with E-state index in [1.807, 2.05) is 6.92 Å². The fraction of sp³-hybridized carbons (Fsp3) is 0.429. The first-order valence-electron chi connectivity index (χ1n) is 7.37. The molecule has 7 nitrogen and oxygen atoms in total. The zero-order chi connectivity index (χ0) is 17.3. The predicted octanol–water partition coefficient (Wildman–Crippen LogP) is 2.30. The molecular weight excluding hydrogens is 325 g/mol. The molecule has 0 atom stereocenters. The molecule has 24 heavy (non-hydrogen) atoms. The zero-order valence-electron chi connectivity index (χ0n) is 12.8. The standard InChI is InChI=1S/C14H15F3N6O/c1-2-11-18-5-9(6-19-11)21-13(24)22-3-4-23-10(8-22)7-20-12(23)14(15,16)17/h5-7H,2-4,8H2,1H3,(H,21,24). The minimum Gasteiger partial charge on any atom is -0.321 e. The molecule has 0 saturated carbocycles. The molecule has 0 aromatic carbocycles. The number of rotatable bonds is 2. The molecule has 0 radical (unpaired) electrons. The number of amides is 2. The molecule has 2 aromatic heterocycles. The number of carbonyl (C=O) groups excluding carboxylic acids is 1. The van der Waals surface area contributed by atoms with Gasteiger partial charge in [0.15, 0.2) is 0 Å². The Labute approximate surface area is 135 Å². The maximum Gasteiger partial charge on any atom is 0.449 e. The van der Waals surface area contributed by atoms with E-state index in [1.54, 1.807) is 0 Å². The summed E-state index contributed by atoms with van der Waals surface area (Å²) in [4.78, 5) is 25.2. The summed E-state index contributed by atoms with van der Waals surface area (Å²) in [6, 6.07) is -0.413. The lowest BCUT2D eigenvalue weighted by Gasteiger charge is -2.29. The Morgan fingerprint density at radius 2 is 1.92 bits per heavy atom. The molecule has 2 amide bonds. The van der Waals surface area contributed by atoms with E-state index in [2.05, 4.69) is 20.3 Å². The van der Waals surface area contributed by atoms with Gasteiger partial charge in [0.25, 0.3) is 0 Å². The van der Waals surface area contributed by atoms with Crippen molar-refractivity contribution in [3.8, 4) is 0 Å². The number of nitrogens with zero attached hydrogens (tertiary/aromatic N) is 5. The minimum atomic E-state index is -4.50. The number of fused-ring (bicyclic) bond motifs is 1. The first kappa shape index (κ1) is 16.2. The Balaban J connectivity index is 1.68. The number of nitrogens with one attached hydrogen (secondary N) is 1. The molecule has 1 aliphatic heterocycles. The third kappa shape index (κ3) is 3.17. The van der Waals surface area contributed by atoms with Crippen molar-refractivity contribution in [1.82, 2.24) is 24.4 Å². The number of hydrogen-bond donors (Lipinski definition) is 1. The highest BCUT2D eigenvalue weighted by Crippen LogP contribution is 2.30. The Morgan fingerprint density at radius 1 is 1.21 bits per heavy atom. The van der Waals surface area contributed by atoms with Crippen LogP contribution in [0.3, 0.4) is 0 Å². The lowest BCUT2D eigenvalue weighted by Crippen LogP contribution is -2.41. The van der Waals surface area contributed by atoms with E-state index in [4.69, 9.17) is 0 Å². The number of aryl methyl sites for hydroxylation is 1. The first-order valence-corrected chi connectivity index (χ1v) is 7.37. The molecule has 10 heteroatoms. The van der Waals surface area contributed by atoms with Gasteiger partial charge < -0.3 is 14.8 Å². The summed E-state index contributed by atoms with van der Waals surface area (Å²) in [6.07, 6.45) is 0.341. The van der Waals surface area contributed by atoms with Gasteiger partial charge in [0.2, 0.25) is 5.82 Å². The Bertz CT molecular complexity index is 740. The summed E-state index contributed by atoms with van der Waals surface area (Å²) < 4.78 is 39.6. The zero-order valence-corrected chi connectivity index (χ0v) is 12.8. The van der Waals surface area contributed by atoms with Gasteiger partial charge in [0.1, 0.15) is 5.82 Å². The van der Waals surface area contributed by atoms with Crippen molar-refractivity contribution in [1.29, 1.82) is 0 Å². The van der Waals surface area contributed by atoms with Crippen LogP contribution in [0, 0.1) is 0 Å². The normalized spacial score (nSPS) is 14.4. The van der Waals surface area contributed by atoms with Crippen LogP contribution in [0.2, 0.25) is 0 Å². The number of hydrogen-bond acceptors (Lipinski definition) is 4. The number of alkyl halides is 3. The van der Waals surface area contributed by atoms with E-state index in [9.17, 15) is 18.0 Å². The summed E-state index contributed by atoms with van der Waals surface area (Å²) in [5, 5.41) is 2.64. The minimum absolute atomic E-state index is 0.0445. The molecule has 1 aliphatic rings. The summed E-state index contributed by atoms with van der Waals surface area (Å²) >= 11 is 0. The summed E-state index contributed by atoms with van der Waals surface area (Å²) in [7, 11) is 0. The monoisotopic (exact) mass is 340 g/mol. The summed E-state index contributed by atoms with van der Waals surface area (Å²) in [6.45, 7) is 2.18. The van der Waals surface area contributed by atoms with Gasteiger partial charge in [-0.15, -0.1) is 0 Å². The lowest BCUT2D eigenvalue weighted by atomic mass is 10.3. The van der Waals surface area contributed by atoms with Gasteiger partial charge in [0.05, 0.1) is 36.5 Å². The van der Waals surface area contributed by atoms with Crippen molar-refractivity contribution in [3.05, 3.63) is 35.9 Å². The molecule has 0 aliphatic carbocycles. The van der Waals surface area contributed by atoms with E-state index in [1.165, 1.54) is 17.3 Å². The molecule has 0 unspecified atom stereocenters. The van der Waals surface area contributed by atoms with Crippen molar-refractivity contribution >= 4 is 11.7 Å². The Hall–Kier alpha value is -2.65. The molecule has 0 saturated heterocycles. The summed E-state index contributed by atoms with van der Waals surface area (Å²) in [5.74, 6) is -0.268. The second kappa shape index (κ2) is 6.10. The van der Waals surface area contributed by atoms with Gasteiger partial charge in [-0.25, -0.2) is 19.7 Å². The maximum atomic E-state index is 12.8. The van der Waals surface area contributed by atoms with Crippen molar-refractivity contribution < 1.29 is 18.0 Å². The fourth-order valence-electron chi connectivity index (χ4n) is 2.49. The van der Waals surface area contributed by atoms with Gasteiger partial charge in [-0.3, -0.25) is 0 Å². The van der Waals surface area contributed by atoms with Crippen LogP contribution in [0.5, 0.6) is 0 Å². The number of anilines is 1. The number of aromatic nitrogens is 4. The SMILES string of the molecule is CCc1ncc(NC(=O)N2CCn3c(cnc3C(F)(F)F)C2)cn1. The molecule has 128 valence electrons. The third-order valence-electron chi connectivity index (χ3n) is 3.70. The van der Waals surface area contributed by atoms with Crippen LogP contribution in [-0.4, -0.2) is 37.0 Å². The Morgan fingerprint density at radius 3 is 2.54 bits per heavy atom. The van der Waals surface area contributed by atoms with Crippen LogP contribution < -0.4 is 5.32 Å². The van der Waals surface area contributed by atoms with E-state index in [0.717, 1.165) is 10.8 Å². The molecule has 3 heterocycles. The second-order valence-corrected chi connectivity index (χ2v) is 5.32. The number of halogens is 3. The highest BCUT2D eigenvalue weighted by Gasteiger charge is 2.38. The number of imidazole rings is 1. The molecule has 0 spiro atoms. The molecule has 0 fully saturated rings. The van der Waals surface area contributed by atoms with Crippen LogP contribution >= 0.6 is 0 Å². The van der Waals surface area contributed by atoms with Crippen LogP contribution in [0.15, 0.2) is 18.6 Å². The topological polar surface area (TPSA) is 75.9 Å². The maximum absolute atomic E-state index is 12.8. The van der Waals surface area contributed by atoms with E-state index in [0.29, 0.717) is 23.6 Å². The van der Waals surface area contributed by atoms with Crippen LogP contribution in [0.25, 0.3) is 0 Å².